The van der Waals surface area contributed by atoms with Crippen molar-refractivity contribution in [1.82, 2.24) is 10.1 Å². The zero-order chi connectivity index (χ0) is 11.4. The molecule has 2 heterocycles. The molecule has 7 heteroatoms. The normalized spacial score (nSPS) is 25.9. The quantitative estimate of drug-likeness (QED) is 0.828. The lowest BCUT2D eigenvalue weighted by Crippen LogP contribution is -2.19. The molecule has 1 aromatic rings. The molecule has 90 valence electrons. The molecule has 0 aromatic carbocycles. The van der Waals surface area contributed by atoms with Gasteiger partial charge in [0.25, 0.3) is 5.89 Å². The van der Waals surface area contributed by atoms with Crippen LogP contribution in [0.4, 0.5) is 0 Å². The van der Waals surface area contributed by atoms with Crippen LogP contribution in [0.3, 0.4) is 0 Å². The summed E-state index contributed by atoms with van der Waals surface area (Å²) in [5.41, 5.74) is 0. The number of thioether (sulfide) groups is 2. The van der Waals surface area contributed by atoms with E-state index in [0.29, 0.717) is 16.4 Å². The molecule has 1 saturated heterocycles. The first kappa shape index (κ1) is 12.2. The molecule has 0 amide bonds. The van der Waals surface area contributed by atoms with Gasteiger partial charge in [-0.15, -0.1) is 11.8 Å². The Kier molecular flexibility index (Phi) is 4.51. The minimum atomic E-state index is 0.175. The van der Waals surface area contributed by atoms with E-state index in [1.54, 1.807) is 0 Å². The maximum atomic E-state index is 5.06. The lowest BCUT2D eigenvalue weighted by molar-refractivity contribution is 0.0995. The first-order valence-electron chi connectivity index (χ1n) is 5.22. The number of aromatic nitrogens is 2. The minimum Gasteiger partial charge on any atom is -0.337 e. The van der Waals surface area contributed by atoms with Gasteiger partial charge < -0.3 is 4.52 Å². The molecule has 2 unspecified atom stereocenters. The first-order chi connectivity index (χ1) is 7.85. The Morgan fingerprint density at radius 3 is 3.06 bits per heavy atom. The second-order valence-corrected chi connectivity index (χ2v) is 6.06. The van der Waals surface area contributed by atoms with Gasteiger partial charge in [0.1, 0.15) is 6.61 Å². The molecule has 16 heavy (non-hydrogen) atoms. The fraction of sp³-hybridized carbons (Fsp3) is 0.778. The fourth-order valence-electron chi connectivity index (χ4n) is 1.66. The van der Waals surface area contributed by atoms with E-state index in [1.165, 1.54) is 5.75 Å². The van der Waals surface area contributed by atoms with Crippen molar-refractivity contribution in [1.29, 1.82) is 0 Å². The van der Waals surface area contributed by atoms with Crippen LogP contribution in [0.1, 0.15) is 30.3 Å². The van der Waals surface area contributed by atoms with Crippen LogP contribution >= 0.6 is 23.5 Å². The molecular weight excluding hydrogens is 246 g/mol. The molecule has 0 bridgehead atoms. The van der Waals surface area contributed by atoms with Gasteiger partial charge in [-0.2, -0.15) is 16.7 Å². The molecule has 5 nitrogen and oxygen atoms in total. The maximum Gasteiger partial charge on any atom is 0.254 e. The Bertz CT molecular complexity index is 334. The highest BCUT2D eigenvalue weighted by atomic mass is 32.2. The molecule has 2 atom stereocenters. The summed E-state index contributed by atoms with van der Waals surface area (Å²) < 4.78 is 5.06. The van der Waals surface area contributed by atoms with E-state index in [4.69, 9.17) is 10.4 Å². The SMILES string of the molecule is CCC1SCCSC1c1noc(CON)n1. The fourth-order valence-corrected chi connectivity index (χ4v) is 4.64. The van der Waals surface area contributed by atoms with E-state index >= 15 is 0 Å². The molecule has 2 rings (SSSR count). The largest absolute Gasteiger partial charge is 0.337 e. The Morgan fingerprint density at radius 1 is 1.50 bits per heavy atom. The van der Waals surface area contributed by atoms with Crippen molar-refractivity contribution < 1.29 is 9.36 Å². The number of rotatable bonds is 4. The number of hydrogen-bond acceptors (Lipinski definition) is 7. The molecule has 0 radical (unpaired) electrons. The van der Waals surface area contributed by atoms with Crippen molar-refractivity contribution >= 4 is 23.5 Å². The zero-order valence-electron chi connectivity index (χ0n) is 9.09. The molecule has 0 spiro atoms. The van der Waals surface area contributed by atoms with Crippen LogP contribution in [0.2, 0.25) is 0 Å². The van der Waals surface area contributed by atoms with E-state index < -0.39 is 0 Å². The Balaban J connectivity index is 2.08. The van der Waals surface area contributed by atoms with Gasteiger partial charge in [-0.1, -0.05) is 12.1 Å². The summed E-state index contributed by atoms with van der Waals surface area (Å²) in [6, 6.07) is 0. The van der Waals surface area contributed by atoms with Gasteiger partial charge in [0.05, 0.1) is 5.25 Å². The van der Waals surface area contributed by atoms with Crippen LogP contribution in [-0.2, 0) is 11.4 Å². The van der Waals surface area contributed by atoms with Crippen LogP contribution in [0.5, 0.6) is 0 Å². The predicted octanol–water partition coefficient (Wildman–Crippen LogP) is 1.76. The highest BCUT2D eigenvalue weighted by molar-refractivity contribution is 8.06. The van der Waals surface area contributed by atoms with Crippen LogP contribution < -0.4 is 5.90 Å². The Morgan fingerprint density at radius 2 is 2.31 bits per heavy atom. The summed E-state index contributed by atoms with van der Waals surface area (Å²) in [6.07, 6.45) is 1.12. The molecule has 1 aromatic heterocycles. The zero-order valence-corrected chi connectivity index (χ0v) is 10.7. The summed E-state index contributed by atoms with van der Waals surface area (Å²) in [5.74, 6) is 8.53. The van der Waals surface area contributed by atoms with Gasteiger partial charge in [-0.05, 0) is 6.42 Å². The number of nitrogens with zero attached hydrogens (tertiary/aromatic N) is 2. The van der Waals surface area contributed by atoms with Gasteiger partial charge in [0.15, 0.2) is 5.82 Å². The number of hydrogen-bond donors (Lipinski definition) is 1. The summed E-state index contributed by atoms with van der Waals surface area (Å²) >= 11 is 3.89. The van der Waals surface area contributed by atoms with Crippen LogP contribution in [0, 0.1) is 0 Å². The van der Waals surface area contributed by atoms with Gasteiger partial charge >= 0.3 is 0 Å². The van der Waals surface area contributed by atoms with Crippen molar-refractivity contribution in [2.45, 2.75) is 30.5 Å². The van der Waals surface area contributed by atoms with Crippen LogP contribution in [-0.4, -0.2) is 26.9 Å². The van der Waals surface area contributed by atoms with E-state index in [0.717, 1.165) is 18.0 Å². The van der Waals surface area contributed by atoms with Crippen molar-refractivity contribution in [2.75, 3.05) is 11.5 Å². The predicted molar refractivity (Wildman–Crippen MR) is 65.0 cm³/mol. The van der Waals surface area contributed by atoms with Crippen LogP contribution in [0.15, 0.2) is 4.52 Å². The minimum absolute atomic E-state index is 0.175. The number of nitrogens with two attached hydrogens (primary N) is 1. The maximum absolute atomic E-state index is 5.06. The molecule has 1 aliphatic heterocycles. The van der Waals surface area contributed by atoms with E-state index in [9.17, 15) is 0 Å². The van der Waals surface area contributed by atoms with Crippen LogP contribution in [0.25, 0.3) is 0 Å². The second kappa shape index (κ2) is 5.90. The van der Waals surface area contributed by atoms with Crippen molar-refractivity contribution in [3.05, 3.63) is 11.7 Å². The third-order valence-electron chi connectivity index (χ3n) is 2.40. The summed E-state index contributed by atoms with van der Waals surface area (Å²) in [5, 5.41) is 4.91. The van der Waals surface area contributed by atoms with Crippen molar-refractivity contribution in [3.63, 3.8) is 0 Å². The summed E-state index contributed by atoms with van der Waals surface area (Å²) in [4.78, 5) is 8.78. The first-order valence-corrected chi connectivity index (χ1v) is 7.32. The summed E-state index contributed by atoms with van der Waals surface area (Å²) in [6.45, 7) is 2.37. The van der Waals surface area contributed by atoms with Gasteiger partial charge in [0.2, 0.25) is 0 Å². The third-order valence-corrected chi connectivity index (χ3v) is 5.64. The topological polar surface area (TPSA) is 74.2 Å². The molecule has 2 N–H and O–H groups in total. The second-order valence-electron chi connectivity index (χ2n) is 3.47. The monoisotopic (exact) mass is 261 g/mol. The molecule has 1 aliphatic rings. The van der Waals surface area contributed by atoms with Crippen molar-refractivity contribution in [3.8, 4) is 0 Å². The average molecular weight is 261 g/mol. The van der Waals surface area contributed by atoms with Gasteiger partial charge in [-0.25, -0.2) is 5.90 Å². The lowest BCUT2D eigenvalue weighted by Gasteiger charge is -2.27. The highest BCUT2D eigenvalue weighted by Crippen LogP contribution is 2.42. The van der Waals surface area contributed by atoms with Gasteiger partial charge in [0, 0.05) is 16.8 Å². The smallest absolute Gasteiger partial charge is 0.254 e. The average Bonchev–Trinajstić information content (AvgIpc) is 2.78. The summed E-state index contributed by atoms with van der Waals surface area (Å²) in [7, 11) is 0. The standard InChI is InChI=1S/C9H15N3O2S2/c1-2-6-8(16-4-3-15-6)9-11-7(5-13-10)14-12-9/h6,8H,2-5,10H2,1H3. The Labute approximate surface area is 103 Å². The van der Waals surface area contributed by atoms with Crippen molar-refractivity contribution in [2.24, 2.45) is 5.90 Å². The molecule has 0 saturated carbocycles. The highest BCUT2D eigenvalue weighted by Gasteiger charge is 2.30. The Hall–Kier alpha value is -0.240. The molecule has 1 fully saturated rings. The van der Waals surface area contributed by atoms with E-state index in [1.807, 2.05) is 23.5 Å². The van der Waals surface area contributed by atoms with Gasteiger partial charge in [-0.3, -0.25) is 4.84 Å². The lowest BCUT2D eigenvalue weighted by atomic mass is 10.2. The third kappa shape index (κ3) is 2.71. The van der Waals surface area contributed by atoms with E-state index in [-0.39, 0.29) is 6.61 Å². The molecule has 0 aliphatic carbocycles. The molecular formula is C9H15N3O2S2. The van der Waals surface area contributed by atoms with E-state index in [2.05, 4.69) is 21.9 Å².